The minimum absolute atomic E-state index is 0.0694. The molecule has 0 saturated carbocycles. The van der Waals surface area contributed by atoms with Crippen molar-refractivity contribution < 1.29 is 24.4 Å². The van der Waals surface area contributed by atoms with E-state index in [1.807, 2.05) is 30.3 Å². The molecule has 2 unspecified atom stereocenters. The van der Waals surface area contributed by atoms with E-state index in [1.165, 1.54) is 0 Å². The minimum Gasteiger partial charge on any atom is -0.486 e. The number of aliphatic hydroxyl groups is 2. The van der Waals surface area contributed by atoms with E-state index in [0.717, 1.165) is 40.3 Å². The quantitative estimate of drug-likeness (QED) is 0.836. The van der Waals surface area contributed by atoms with Gasteiger partial charge in [-0.15, -0.1) is 0 Å². The van der Waals surface area contributed by atoms with E-state index >= 15 is 0 Å². The molecule has 0 radical (unpaired) electrons. The molecule has 5 nitrogen and oxygen atoms in total. The van der Waals surface area contributed by atoms with Crippen LogP contribution in [0.5, 0.6) is 11.5 Å². The fourth-order valence-electron chi connectivity index (χ4n) is 3.36. The van der Waals surface area contributed by atoms with Gasteiger partial charge in [-0.3, -0.25) is 0 Å². The van der Waals surface area contributed by atoms with Gasteiger partial charge in [0.2, 0.25) is 0 Å². The summed E-state index contributed by atoms with van der Waals surface area (Å²) in [6.45, 7) is 1.76. The highest BCUT2D eigenvalue weighted by atomic mass is 35.5. The molecule has 2 atom stereocenters. The van der Waals surface area contributed by atoms with Crippen molar-refractivity contribution in [3.63, 3.8) is 0 Å². The second-order valence-electron chi connectivity index (χ2n) is 6.54. The van der Waals surface area contributed by atoms with Crippen LogP contribution in [-0.2, 0) is 11.2 Å². The topological polar surface area (TPSA) is 68.2 Å². The molecule has 0 bridgehead atoms. The van der Waals surface area contributed by atoms with E-state index < -0.39 is 0 Å². The summed E-state index contributed by atoms with van der Waals surface area (Å²) < 4.78 is 17.0. The zero-order valence-corrected chi connectivity index (χ0v) is 16.1. The predicted molar refractivity (Wildman–Crippen MR) is 104 cm³/mol. The van der Waals surface area contributed by atoms with Gasteiger partial charge >= 0.3 is 0 Å². The van der Waals surface area contributed by atoms with E-state index in [9.17, 15) is 5.11 Å². The van der Waals surface area contributed by atoms with E-state index in [1.54, 1.807) is 0 Å². The number of ether oxygens (including phenoxy) is 3. The first kappa shape index (κ1) is 20.0. The van der Waals surface area contributed by atoms with Gasteiger partial charge in [0.15, 0.2) is 11.5 Å². The highest BCUT2D eigenvalue weighted by Crippen LogP contribution is 2.34. The average molecular weight is 393 g/mol. The molecule has 27 heavy (non-hydrogen) atoms. The maximum Gasteiger partial charge on any atom is 0.161 e. The van der Waals surface area contributed by atoms with Crippen molar-refractivity contribution in [3.05, 3.63) is 58.1 Å². The summed E-state index contributed by atoms with van der Waals surface area (Å²) in [4.78, 5) is 0. The number of benzene rings is 2. The number of hydrogen-bond acceptors (Lipinski definition) is 5. The summed E-state index contributed by atoms with van der Waals surface area (Å²) >= 11 is 6.41. The van der Waals surface area contributed by atoms with E-state index in [0.29, 0.717) is 39.1 Å². The molecular formula is C21H25ClO5. The first-order chi connectivity index (χ1) is 13.2. The van der Waals surface area contributed by atoms with E-state index in [-0.39, 0.29) is 12.2 Å². The molecule has 0 amide bonds. The summed E-state index contributed by atoms with van der Waals surface area (Å²) in [5, 5.41) is 17.6. The van der Waals surface area contributed by atoms with Crippen LogP contribution < -0.4 is 9.47 Å². The Kier molecular flexibility index (Phi) is 6.96. The molecular weight excluding hydrogens is 368 g/mol. The molecule has 0 aliphatic carbocycles. The molecule has 4 rings (SSSR count). The standard InChI is InChI=1S/C20H21ClO4.CH4O/c21-17-3-2-14(19-12-16(22)5-6-23-19)11-15(17)9-13-1-4-18-20(10-13)25-8-7-24-18;1-2/h1-4,10-11,16,19,22H,5-9,12H2;2H,1H3. The number of fused-ring (bicyclic) bond motifs is 1. The number of rotatable bonds is 3. The molecule has 2 N–H and O–H groups in total. The predicted octanol–water partition coefficient (Wildman–Crippen LogP) is 3.52. The van der Waals surface area contributed by atoms with Gasteiger partial charge in [0.05, 0.1) is 12.2 Å². The molecule has 0 spiro atoms. The minimum atomic E-state index is -0.296. The third-order valence-electron chi connectivity index (χ3n) is 4.70. The molecule has 1 fully saturated rings. The Bertz CT molecular complexity index is 764. The lowest BCUT2D eigenvalue weighted by molar-refractivity contribution is -0.0448. The number of hydrogen-bond donors (Lipinski definition) is 2. The van der Waals surface area contributed by atoms with E-state index in [4.69, 9.17) is 30.9 Å². The van der Waals surface area contributed by atoms with E-state index in [2.05, 4.69) is 6.07 Å². The number of halogens is 1. The van der Waals surface area contributed by atoms with Gasteiger partial charge in [0, 0.05) is 25.2 Å². The molecule has 6 heteroatoms. The van der Waals surface area contributed by atoms with Crippen LogP contribution in [0.15, 0.2) is 36.4 Å². The third-order valence-corrected chi connectivity index (χ3v) is 5.07. The lowest BCUT2D eigenvalue weighted by atomic mass is 9.96. The van der Waals surface area contributed by atoms with Gasteiger partial charge in [-0.25, -0.2) is 0 Å². The van der Waals surface area contributed by atoms with Crippen molar-refractivity contribution in [1.29, 1.82) is 0 Å². The third kappa shape index (κ3) is 4.93. The SMILES string of the molecule is CO.OC1CCOC(c2ccc(Cl)c(Cc3ccc4c(c3)OCCO4)c2)C1. The fraction of sp³-hybridized carbons (Fsp3) is 0.429. The van der Waals surface area contributed by atoms with Crippen LogP contribution in [0.2, 0.25) is 5.02 Å². The Morgan fingerprint density at radius 2 is 1.78 bits per heavy atom. The van der Waals surface area contributed by atoms with Crippen LogP contribution in [0, 0.1) is 0 Å². The molecule has 2 aliphatic rings. The van der Waals surface area contributed by atoms with Crippen molar-refractivity contribution in [1.82, 2.24) is 0 Å². The highest BCUT2D eigenvalue weighted by Gasteiger charge is 2.23. The maximum atomic E-state index is 9.88. The lowest BCUT2D eigenvalue weighted by Crippen LogP contribution is -2.23. The number of aliphatic hydroxyl groups excluding tert-OH is 2. The van der Waals surface area contributed by atoms with Gasteiger partial charge in [0.25, 0.3) is 0 Å². The molecule has 2 aromatic carbocycles. The molecule has 146 valence electrons. The Balaban J connectivity index is 0.00000102. The fourth-order valence-corrected chi connectivity index (χ4v) is 3.54. The Hall–Kier alpha value is -1.79. The van der Waals surface area contributed by atoms with Crippen molar-refractivity contribution in [2.45, 2.75) is 31.5 Å². The van der Waals surface area contributed by atoms with Gasteiger partial charge in [-0.1, -0.05) is 29.8 Å². The summed E-state index contributed by atoms with van der Waals surface area (Å²) in [6, 6.07) is 12.0. The first-order valence-corrected chi connectivity index (χ1v) is 9.48. The van der Waals surface area contributed by atoms with Crippen molar-refractivity contribution in [2.75, 3.05) is 26.9 Å². The molecule has 0 aromatic heterocycles. The zero-order chi connectivity index (χ0) is 19.2. The Morgan fingerprint density at radius 3 is 2.56 bits per heavy atom. The summed E-state index contributed by atoms with van der Waals surface area (Å²) in [5.74, 6) is 1.58. The van der Waals surface area contributed by atoms with Crippen molar-refractivity contribution in [3.8, 4) is 11.5 Å². The van der Waals surface area contributed by atoms with Gasteiger partial charge in [-0.05, 0) is 47.7 Å². The Morgan fingerprint density at radius 1 is 1.00 bits per heavy atom. The second-order valence-corrected chi connectivity index (χ2v) is 6.95. The largest absolute Gasteiger partial charge is 0.486 e. The van der Waals surface area contributed by atoms with Crippen molar-refractivity contribution in [2.24, 2.45) is 0 Å². The van der Waals surface area contributed by atoms with Crippen LogP contribution >= 0.6 is 11.6 Å². The maximum absolute atomic E-state index is 9.88. The normalized spacial score (nSPS) is 21.2. The van der Waals surface area contributed by atoms with Gasteiger partial charge in [-0.2, -0.15) is 0 Å². The van der Waals surface area contributed by atoms with Gasteiger partial charge in [0.1, 0.15) is 13.2 Å². The second kappa shape index (κ2) is 9.42. The molecule has 1 saturated heterocycles. The smallest absolute Gasteiger partial charge is 0.161 e. The average Bonchev–Trinajstić information content (AvgIpc) is 2.71. The summed E-state index contributed by atoms with van der Waals surface area (Å²) in [7, 11) is 1.00. The zero-order valence-electron chi connectivity index (χ0n) is 15.4. The highest BCUT2D eigenvalue weighted by molar-refractivity contribution is 6.31. The molecule has 2 heterocycles. The van der Waals surface area contributed by atoms with Crippen molar-refractivity contribution >= 4 is 11.6 Å². The molecule has 2 aliphatic heterocycles. The van der Waals surface area contributed by atoms with Crippen LogP contribution in [0.1, 0.15) is 35.6 Å². The lowest BCUT2D eigenvalue weighted by Gasteiger charge is -2.27. The first-order valence-electron chi connectivity index (χ1n) is 9.10. The monoisotopic (exact) mass is 392 g/mol. The van der Waals surface area contributed by atoms with Crippen LogP contribution in [0.25, 0.3) is 0 Å². The van der Waals surface area contributed by atoms with Crippen LogP contribution in [0.3, 0.4) is 0 Å². The Labute approximate surface area is 164 Å². The van der Waals surface area contributed by atoms with Gasteiger partial charge < -0.3 is 24.4 Å². The summed E-state index contributed by atoms with van der Waals surface area (Å²) in [5.41, 5.74) is 3.23. The van der Waals surface area contributed by atoms with Crippen LogP contribution in [-0.4, -0.2) is 43.2 Å². The van der Waals surface area contributed by atoms with Crippen LogP contribution in [0.4, 0.5) is 0 Å². The molecule has 2 aromatic rings. The summed E-state index contributed by atoms with van der Waals surface area (Å²) in [6.07, 6.45) is 1.67.